The van der Waals surface area contributed by atoms with Gasteiger partial charge in [-0.2, -0.15) is 0 Å². The number of nitrogen functional groups attached to an aromatic ring is 1. The molecule has 22 heavy (non-hydrogen) atoms. The smallest absolute Gasteiger partial charge is 0.347 e. The van der Waals surface area contributed by atoms with E-state index in [1.165, 1.54) is 0 Å². The Balaban J connectivity index is 2.40. The monoisotopic (exact) mass is 299 g/mol. The van der Waals surface area contributed by atoms with E-state index in [0.29, 0.717) is 22.7 Å². The van der Waals surface area contributed by atoms with E-state index >= 15 is 0 Å². The maximum Gasteiger partial charge on any atom is 0.347 e. The zero-order valence-corrected chi connectivity index (χ0v) is 13.3. The van der Waals surface area contributed by atoms with Crippen LogP contribution in [0.5, 0.6) is 11.5 Å². The Hall–Kier alpha value is -2.49. The molecule has 0 unspecified atom stereocenters. The van der Waals surface area contributed by atoms with Gasteiger partial charge in [0.15, 0.2) is 0 Å². The van der Waals surface area contributed by atoms with E-state index < -0.39 is 5.97 Å². The molecule has 2 rings (SSSR count). The summed E-state index contributed by atoms with van der Waals surface area (Å²) >= 11 is 0. The highest BCUT2D eigenvalue weighted by atomic mass is 16.5. The fourth-order valence-corrected chi connectivity index (χ4v) is 2.32. The standard InChI is InChI=1S/C18H21NO3/c1-11(2)15-10-5-12(3)16(17(15)21-4)18(20)22-14-8-6-13(19)7-9-14/h5-11H,19H2,1-4H3. The largest absolute Gasteiger partial charge is 0.496 e. The zero-order valence-electron chi connectivity index (χ0n) is 13.3. The molecule has 0 radical (unpaired) electrons. The van der Waals surface area contributed by atoms with Gasteiger partial charge >= 0.3 is 5.97 Å². The number of hydrogen-bond donors (Lipinski definition) is 1. The summed E-state index contributed by atoms with van der Waals surface area (Å²) in [4.78, 5) is 12.5. The third-order valence-corrected chi connectivity index (χ3v) is 3.52. The van der Waals surface area contributed by atoms with Gasteiger partial charge in [-0.3, -0.25) is 0 Å². The molecule has 0 fully saturated rings. The van der Waals surface area contributed by atoms with Gasteiger partial charge in [-0.05, 0) is 48.2 Å². The second kappa shape index (κ2) is 6.52. The summed E-state index contributed by atoms with van der Waals surface area (Å²) in [5.74, 6) is 0.853. The molecule has 0 bridgehead atoms. The van der Waals surface area contributed by atoms with Crippen molar-refractivity contribution in [2.75, 3.05) is 12.8 Å². The topological polar surface area (TPSA) is 61.5 Å². The Bertz CT molecular complexity index is 675. The van der Waals surface area contributed by atoms with Crippen LogP contribution in [-0.2, 0) is 0 Å². The maximum atomic E-state index is 12.5. The van der Waals surface area contributed by atoms with Crippen LogP contribution in [0.15, 0.2) is 36.4 Å². The number of benzene rings is 2. The predicted molar refractivity (Wildman–Crippen MR) is 87.6 cm³/mol. The van der Waals surface area contributed by atoms with Gasteiger partial charge in [0, 0.05) is 5.69 Å². The van der Waals surface area contributed by atoms with Gasteiger partial charge < -0.3 is 15.2 Å². The molecule has 0 aliphatic carbocycles. The number of aryl methyl sites for hydroxylation is 1. The average Bonchev–Trinajstić information content (AvgIpc) is 2.48. The van der Waals surface area contributed by atoms with Crippen molar-refractivity contribution < 1.29 is 14.3 Å². The Morgan fingerprint density at radius 3 is 2.27 bits per heavy atom. The lowest BCUT2D eigenvalue weighted by Gasteiger charge is -2.17. The third kappa shape index (κ3) is 3.22. The van der Waals surface area contributed by atoms with Crippen molar-refractivity contribution in [1.82, 2.24) is 0 Å². The van der Waals surface area contributed by atoms with E-state index in [-0.39, 0.29) is 5.92 Å². The lowest BCUT2D eigenvalue weighted by Crippen LogP contribution is -2.13. The first kappa shape index (κ1) is 15.9. The van der Waals surface area contributed by atoms with Crippen LogP contribution in [0.2, 0.25) is 0 Å². The van der Waals surface area contributed by atoms with Crippen LogP contribution in [0, 0.1) is 6.92 Å². The Morgan fingerprint density at radius 2 is 1.73 bits per heavy atom. The van der Waals surface area contributed by atoms with Crippen LogP contribution >= 0.6 is 0 Å². The van der Waals surface area contributed by atoms with Crippen LogP contribution in [0.25, 0.3) is 0 Å². The maximum absolute atomic E-state index is 12.5. The number of anilines is 1. The van der Waals surface area contributed by atoms with E-state index in [2.05, 4.69) is 13.8 Å². The minimum Gasteiger partial charge on any atom is -0.496 e. The van der Waals surface area contributed by atoms with Gasteiger partial charge in [0.25, 0.3) is 0 Å². The van der Waals surface area contributed by atoms with Crippen LogP contribution in [-0.4, -0.2) is 13.1 Å². The van der Waals surface area contributed by atoms with Gasteiger partial charge in [0.2, 0.25) is 0 Å². The molecule has 2 N–H and O–H groups in total. The molecule has 4 nitrogen and oxygen atoms in total. The van der Waals surface area contributed by atoms with E-state index in [4.69, 9.17) is 15.2 Å². The zero-order chi connectivity index (χ0) is 16.3. The average molecular weight is 299 g/mol. The first-order valence-electron chi connectivity index (χ1n) is 7.19. The SMILES string of the molecule is COc1c(C(C)C)ccc(C)c1C(=O)Oc1ccc(N)cc1. The molecule has 0 saturated carbocycles. The summed E-state index contributed by atoms with van der Waals surface area (Å²) in [6, 6.07) is 10.6. The highest BCUT2D eigenvalue weighted by Crippen LogP contribution is 2.33. The van der Waals surface area contributed by atoms with Gasteiger partial charge in [0.1, 0.15) is 17.1 Å². The fourth-order valence-electron chi connectivity index (χ4n) is 2.32. The van der Waals surface area contributed by atoms with Gasteiger partial charge in [0.05, 0.1) is 7.11 Å². The summed E-state index contributed by atoms with van der Waals surface area (Å²) < 4.78 is 10.9. The number of rotatable bonds is 4. The quantitative estimate of drug-likeness (QED) is 0.528. The highest BCUT2D eigenvalue weighted by Gasteiger charge is 2.21. The number of carbonyl (C=O) groups is 1. The fraction of sp³-hybridized carbons (Fsp3) is 0.278. The van der Waals surface area contributed by atoms with Gasteiger partial charge in [-0.1, -0.05) is 26.0 Å². The Morgan fingerprint density at radius 1 is 1.09 bits per heavy atom. The van der Waals surface area contributed by atoms with E-state index in [9.17, 15) is 4.79 Å². The molecule has 0 saturated heterocycles. The molecule has 116 valence electrons. The predicted octanol–water partition coefficient (Wildman–Crippen LogP) is 3.93. The molecular weight excluding hydrogens is 278 g/mol. The summed E-state index contributed by atoms with van der Waals surface area (Å²) in [5.41, 5.74) is 8.52. The summed E-state index contributed by atoms with van der Waals surface area (Å²) in [6.45, 7) is 5.98. The summed E-state index contributed by atoms with van der Waals surface area (Å²) in [6.07, 6.45) is 0. The van der Waals surface area contributed by atoms with Crippen LogP contribution in [0.1, 0.15) is 41.3 Å². The molecule has 0 aromatic heterocycles. The number of ether oxygens (including phenoxy) is 2. The molecule has 4 heteroatoms. The van der Waals surface area contributed by atoms with Crippen molar-refractivity contribution in [3.63, 3.8) is 0 Å². The molecule has 2 aromatic carbocycles. The summed E-state index contributed by atoms with van der Waals surface area (Å²) in [5, 5.41) is 0. The first-order chi connectivity index (χ1) is 10.4. The molecule has 2 aromatic rings. The number of hydrogen-bond acceptors (Lipinski definition) is 4. The second-order valence-electron chi connectivity index (χ2n) is 5.49. The van der Waals surface area contributed by atoms with E-state index in [0.717, 1.165) is 11.1 Å². The number of nitrogens with two attached hydrogens (primary N) is 1. The number of methoxy groups -OCH3 is 1. The van der Waals surface area contributed by atoms with Crippen LogP contribution in [0.4, 0.5) is 5.69 Å². The molecule has 0 aliphatic rings. The molecule has 0 heterocycles. The van der Waals surface area contributed by atoms with Gasteiger partial charge in [-0.25, -0.2) is 4.79 Å². The lowest BCUT2D eigenvalue weighted by atomic mass is 9.96. The van der Waals surface area contributed by atoms with E-state index in [1.54, 1.807) is 31.4 Å². The molecule has 0 aliphatic heterocycles. The molecule has 0 amide bonds. The minimum absolute atomic E-state index is 0.249. The van der Waals surface area contributed by atoms with Crippen LogP contribution in [0.3, 0.4) is 0 Å². The molecule has 0 spiro atoms. The van der Waals surface area contributed by atoms with Crippen molar-refractivity contribution in [3.05, 3.63) is 53.1 Å². The molecule has 0 atom stereocenters. The van der Waals surface area contributed by atoms with Crippen molar-refractivity contribution in [2.45, 2.75) is 26.7 Å². The number of carbonyl (C=O) groups excluding carboxylic acids is 1. The molecular formula is C18H21NO3. The minimum atomic E-state index is -0.429. The Kier molecular flexibility index (Phi) is 4.71. The second-order valence-corrected chi connectivity index (χ2v) is 5.49. The summed E-state index contributed by atoms with van der Waals surface area (Å²) in [7, 11) is 1.57. The van der Waals surface area contributed by atoms with Gasteiger partial charge in [-0.15, -0.1) is 0 Å². The lowest BCUT2D eigenvalue weighted by molar-refractivity contribution is 0.0730. The van der Waals surface area contributed by atoms with Crippen molar-refractivity contribution in [2.24, 2.45) is 0 Å². The normalized spacial score (nSPS) is 10.6. The van der Waals surface area contributed by atoms with Crippen LogP contribution < -0.4 is 15.2 Å². The third-order valence-electron chi connectivity index (χ3n) is 3.52. The van der Waals surface area contributed by atoms with E-state index in [1.807, 2.05) is 19.1 Å². The van der Waals surface area contributed by atoms with Crippen molar-refractivity contribution >= 4 is 11.7 Å². The Labute approximate surface area is 130 Å². The first-order valence-corrected chi connectivity index (χ1v) is 7.19. The number of esters is 1. The van der Waals surface area contributed by atoms with Crippen molar-refractivity contribution in [1.29, 1.82) is 0 Å². The highest BCUT2D eigenvalue weighted by molar-refractivity contribution is 5.96. The van der Waals surface area contributed by atoms with Crippen molar-refractivity contribution in [3.8, 4) is 11.5 Å².